The van der Waals surface area contributed by atoms with Gasteiger partial charge in [-0.15, -0.1) is 0 Å². The zero-order valence-electron chi connectivity index (χ0n) is 62.6. The number of aromatic nitrogens is 12. The Hall–Kier alpha value is -9.33. The Labute approximate surface area is 584 Å². The highest BCUT2D eigenvalue weighted by atomic mass is 15.3. The summed E-state index contributed by atoms with van der Waals surface area (Å²) in [6.07, 6.45) is 23.1. The van der Waals surface area contributed by atoms with Crippen LogP contribution in [0.5, 0.6) is 0 Å². The van der Waals surface area contributed by atoms with Crippen molar-refractivity contribution in [1.29, 1.82) is 0 Å². The molecule has 0 fully saturated rings. The fourth-order valence-electron chi connectivity index (χ4n) is 6.79. The first kappa shape index (κ1) is 85.7. The van der Waals surface area contributed by atoms with Gasteiger partial charge in [-0.05, 0) is 155 Å². The highest BCUT2D eigenvalue weighted by Gasteiger charge is 2.05. The van der Waals surface area contributed by atoms with Crippen LogP contribution in [0.2, 0.25) is 0 Å². The molecular weight excluding hydrogens is 1190 g/mol. The van der Waals surface area contributed by atoms with Gasteiger partial charge in [0, 0.05) is 110 Å². The van der Waals surface area contributed by atoms with Crippen molar-refractivity contribution in [2.45, 2.75) is 158 Å². The summed E-state index contributed by atoms with van der Waals surface area (Å²) in [5.74, 6) is 5.83. The maximum Gasteiger partial charge on any atom is 0.159 e. The molecule has 0 atom stereocenters. The predicted octanol–water partition coefficient (Wildman–Crippen LogP) is 22.6. The summed E-state index contributed by atoms with van der Waals surface area (Å²) in [6, 6.07) is 53.4. The molecule has 97 heavy (non-hydrogen) atoms. The molecule has 1 aliphatic heterocycles. The first-order valence-electron chi connectivity index (χ1n) is 34.3. The molecule has 0 radical (unpaired) electrons. The van der Waals surface area contributed by atoms with Crippen LogP contribution in [-0.2, 0) is 13.1 Å². The van der Waals surface area contributed by atoms with Crippen molar-refractivity contribution >= 4 is 65.7 Å². The molecule has 3 aromatic carbocycles. The van der Waals surface area contributed by atoms with Gasteiger partial charge in [-0.3, -0.25) is 44.6 Å². The van der Waals surface area contributed by atoms with Gasteiger partial charge >= 0.3 is 0 Å². The van der Waals surface area contributed by atoms with E-state index < -0.39 is 0 Å². The molecule has 10 aromatic heterocycles. The summed E-state index contributed by atoms with van der Waals surface area (Å²) in [5.41, 5.74) is 7.96. The lowest BCUT2D eigenvalue weighted by atomic mass is 10.2. The van der Waals surface area contributed by atoms with Crippen LogP contribution in [0.3, 0.4) is 0 Å². The Balaban J connectivity index is 0.000000533. The van der Waals surface area contributed by atoms with Crippen LogP contribution in [0.15, 0.2) is 244 Å². The number of pyridine rings is 8. The molecule has 13 aromatic rings. The zero-order chi connectivity index (χ0) is 72.0. The van der Waals surface area contributed by atoms with Crippen LogP contribution >= 0.6 is 0 Å². The summed E-state index contributed by atoms with van der Waals surface area (Å²) < 4.78 is 2.04. The molecule has 0 saturated heterocycles. The summed E-state index contributed by atoms with van der Waals surface area (Å²) in [7, 11) is 0. The van der Waals surface area contributed by atoms with E-state index in [1.54, 1.807) is 49.6 Å². The Morgan fingerprint density at radius 2 is 0.577 bits per heavy atom. The quantitative estimate of drug-likeness (QED) is 0.153. The molecule has 1 N–H and O–H groups in total. The van der Waals surface area contributed by atoms with Gasteiger partial charge in [0.15, 0.2) is 5.65 Å². The first-order valence-corrected chi connectivity index (χ1v) is 34.3. The minimum absolute atomic E-state index is 0.810. The summed E-state index contributed by atoms with van der Waals surface area (Å²) in [6.45, 7) is 48.5. The topological polar surface area (TPSA) is 159 Å². The second kappa shape index (κ2) is 53.9. The van der Waals surface area contributed by atoms with Gasteiger partial charge < -0.3 is 5.32 Å². The van der Waals surface area contributed by atoms with Crippen LogP contribution in [0, 0.1) is 41.4 Å². The van der Waals surface area contributed by atoms with Crippen molar-refractivity contribution < 1.29 is 0 Å². The van der Waals surface area contributed by atoms with Gasteiger partial charge in [0.25, 0.3) is 0 Å². The molecule has 13 heteroatoms. The fourth-order valence-corrected chi connectivity index (χ4v) is 6.79. The monoisotopic (exact) mass is 1310 g/mol. The van der Waals surface area contributed by atoms with Gasteiger partial charge in [-0.2, -0.15) is 5.10 Å². The standard InChI is InChI=1S/2C9H7N.4C8H6N2.C6H9N3.7C4H10/c1-2-6-9-8(4-1)5-3-7-10-9;1-2-4-9-7-10-6-5-8(9)3-1;1-3-7-8(9-5-1)4-2-6-10-7;1-3-7-4-2-6-10-8(7)9-5-1;1-2-7-6-9-5-3-8(7)10-4-1;1-2-4-8-7(3-1)9-5-6-10-8;1-2-8-9-4-3-7-5-6(1)9;7*1-4(2)3/h2*1-7H;4*1-6H;1-2,7H,3-5H2;7*4H,1-3H3. The van der Waals surface area contributed by atoms with Crippen molar-refractivity contribution in [3.8, 4) is 0 Å². The molecule has 0 amide bonds. The lowest BCUT2D eigenvalue weighted by Gasteiger charge is -2.13. The van der Waals surface area contributed by atoms with Crippen molar-refractivity contribution in [1.82, 2.24) is 64.9 Å². The highest BCUT2D eigenvalue weighted by Crippen LogP contribution is 2.12. The minimum atomic E-state index is 0.810. The number of para-hydroxylation sites is 3. The largest absolute Gasteiger partial charge is 0.309 e. The number of benzene rings is 3. The number of nitrogens with one attached hydrogen (secondary N) is 1. The van der Waals surface area contributed by atoms with Crippen molar-refractivity contribution in [3.05, 3.63) is 250 Å². The van der Waals surface area contributed by atoms with Crippen molar-refractivity contribution in [2.75, 3.05) is 6.54 Å². The van der Waals surface area contributed by atoms with E-state index in [2.05, 4.69) is 230 Å². The second-order valence-corrected chi connectivity index (χ2v) is 27.0. The van der Waals surface area contributed by atoms with Gasteiger partial charge in [-0.25, -0.2) is 9.97 Å². The lowest BCUT2D eigenvalue weighted by Crippen LogP contribution is -2.28. The molecule has 11 heterocycles. The van der Waals surface area contributed by atoms with Gasteiger partial charge in [-0.1, -0.05) is 206 Å². The van der Waals surface area contributed by atoms with E-state index in [0.717, 1.165) is 111 Å². The van der Waals surface area contributed by atoms with Crippen LogP contribution in [0.1, 0.15) is 151 Å². The first-order chi connectivity index (χ1) is 46.4. The van der Waals surface area contributed by atoms with Crippen LogP contribution in [0.25, 0.3) is 65.7 Å². The predicted molar refractivity (Wildman–Crippen MR) is 419 cm³/mol. The molecule has 0 bridgehead atoms. The maximum atomic E-state index is 4.18. The number of nitrogens with zero attached hydrogens (tertiary/aromatic N) is 12. The molecule has 0 spiro atoms. The smallest absolute Gasteiger partial charge is 0.159 e. The van der Waals surface area contributed by atoms with Crippen LogP contribution in [0.4, 0.5) is 0 Å². The van der Waals surface area contributed by atoms with Crippen molar-refractivity contribution in [2.24, 2.45) is 41.4 Å². The molecule has 0 aliphatic carbocycles. The Kier molecular flexibility index (Phi) is 47.6. The van der Waals surface area contributed by atoms with E-state index in [1.807, 2.05) is 175 Å². The van der Waals surface area contributed by atoms with E-state index in [9.17, 15) is 0 Å². The number of fused-ring (bicyclic) bond motifs is 7. The molecule has 0 saturated carbocycles. The molecule has 13 nitrogen and oxygen atoms in total. The third-order valence-electron chi connectivity index (χ3n) is 10.2. The van der Waals surface area contributed by atoms with E-state index in [-0.39, 0.29) is 0 Å². The number of hydrogen-bond acceptors (Lipinski definition) is 12. The van der Waals surface area contributed by atoms with E-state index in [4.69, 9.17) is 0 Å². The third kappa shape index (κ3) is 46.4. The van der Waals surface area contributed by atoms with Gasteiger partial charge in [0.05, 0.1) is 45.3 Å². The molecular formula is C84H117N13. The van der Waals surface area contributed by atoms with Crippen LogP contribution < -0.4 is 5.32 Å². The molecule has 518 valence electrons. The Morgan fingerprint density at radius 3 is 0.990 bits per heavy atom. The average Bonchev–Trinajstić information content (AvgIpc) is 2.07. The molecule has 0 unspecified atom stereocenters. The Bertz CT molecular complexity index is 2930. The van der Waals surface area contributed by atoms with Crippen molar-refractivity contribution in [3.63, 3.8) is 0 Å². The number of rotatable bonds is 0. The maximum absolute atomic E-state index is 4.18. The van der Waals surface area contributed by atoms with Gasteiger partial charge in [0.1, 0.15) is 0 Å². The second-order valence-electron chi connectivity index (χ2n) is 27.0. The molecule has 1 aliphatic rings. The average molecular weight is 1310 g/mol. The normalized spacial score (nSPS) is 10.4. The third-order valence-corrected chi connectivity index (χ3v) is 10.2. The van der Waals surface area contributed by atoms with E-state index >= 15 is 0 Å². The van der Waals surface area contributed by atoms with Crippen LogP contribution in [-0.4, -0.2) is 66.2 Å². The highest BCUT2D eigenvalue weighted by molar-refractivity contribution is 5.81. The molecule has 14 rings (SSSR count). The van der Waals surface area contributed by atoms with Gasteiger partial charge in [0.2, 0.25) is 0 Å². The summed E-state index contributed by atoms with van der Waals surface area (Å²) in [4.78, 5) is 40.9. The Morgan fingerprint density at radius 1 is 0.268 bits per heavy atom. The SMILES string of the molecule is CC(C)C.CC(C)C.CC(C)C.CC(C)C.CC(C)C.CC(C)C.CC(C)C.c1cc2n(n1)CCNC2.c1ccc2cnccc2c1.c1ccc2ncccc2c1.c1ccc2nccnc2c1.c1cnc2cccnc2c1.c1cnc2ccncc2c1.c1cnc2ncccc2c1. The van der Waals surface area contributed by atoms with E-state index in [1.165, 1.54) is 21.9 Å². The number of hydrogen-bond donors (Lipinski definition) is 1. The van der Waals surface area contributed by atoms with E-state index in [0.29, 0.717) is 0 Å². The summed E-state index contributed by atoms with van der Waals surface area (Å²) in [5, 5.41) is 13.2. The lowest BCUT2D eigenvalue weighted by molar-refractivity contribution is 0.475. The zero-order valence-corrected chi connectivity index (χ0v) is 62.6. The summed E-state index contributed by atoms with van der Waals surface area (Å²) >= 11 is 0. The minimum Gasteiger partial charge on any atom is -0.309 e. The fraction of sp³-hybridized carbons (Fsp3) is 0.369.